The minimum absolute atomic E-state index is 0. The lowest BCUT2D eigenvalue weighted by Gasteiger charge is -2.49. The topological polar surface area (TPSA) is 71.8 Å². The molecular weight excluding hydrogens is 296 g/mol. The van der Waals surface area contributed by atoms with Gasteiger partial charge in [0.15, 0.2) is 0 Å². The highest BCUT2D eigenvalue weighted by Crippen LogP contribution is 2.53. The van der Waals surface area contributed by atoms with Crippen molar-refractivity contribution in [3.05, 3.63) is 23.5 Å². The van der Waals surface area contributed by atoms with Crippen molar-refractivity contribution in [1.29, 1.82) is 0 Å². The predicted octanol–water partition coefficient (Wildman–Crippen LogP) is 4.62. The summed E-state index contributed by atoms with van der Waals surface area (Å²) in [6.07, 6.45) is 17.0. The van der Waals surface area contributed by atoms with Crippen molar-refractivity contribution in [2.75, 3.05) is 0 Å². The van der Waals surface area contributed by atoms with Gasteiger partial charge in [0, 0.05) is 18.2 Å². The summed E-state index contributed by atoms with van der Waals surface area (Å²) < 4.78 is 0. The molecule has 1 heterocycles. The van der Waals surface area contributed by atoms with Gasteiger partial charge < -0.3 is 11.5 Å². The minimum Gasteiger partial charge on any atom is -0.351 e. The Kier molecular flexibility index (Phi) is 6.65. The van der Waals surface area contributed by atoms with E-state index in [2.05, 4.69) is 15.3 Å². The Hall–Kier alpha value is -1.13. The zero-order valence-electron chi connectivity index (χ0n) is 13.1. The molecule has 1 aliphatic heterocycles. The van der Waals surface area contributed by atoms with Crippen molar-refractivity contribution < 1.29 is 0 Å². The summed E-state index contributed by atoms with van der Waals surface area (Å²) in [5.41, 5.74) is 2.38. The zero-order chi connectivity index (χ0) is 14.5. The SMILES string of the molecule is C1C2CC3CC1CC(C2)C3.ClC=CCC1=CNC=NC=N1.N. The highest BCUT2D eigenvalue weighted by molar-refractivity contribution is 6.25. The highest BCUT2D eigenvalue weighted by Gasteiger charge is 2.41. The molecule has 0 aromatic rings. The van der Waals surface area contributed by atoms with Gasteiger partial charge in [0.25, 0.3) is 0 Å². The molecule has 0 aromatic carbocycles. The lowest BCUT2D eigenvalue weighted by molar-refractivity contribution is 0.0198. The Morgan fingerprint density at radius 1 is 1.05 bits per heavy atom. The lowest BCUT2D eigenvalue weighted by atomic mass is 9.56. The van der Waals surface area contributed by atoms with E-state index in [1.165, 1.54) is 35.5 Å². The molecule has 0 unspecified atom stereocenters. The number of nitrogens with zero attached hydrogens (tertiary/aromatic N) is 2. The zero-order valence-corrected chi connectivity index (χ0v) is 13.9. The van der Waals surface area contributed by atoms with Crippen LogP contribution in [0.25, 0.3) is 0 Å². The van der Waals surface area contributed by atoms with Gasteiger partial charge in [-0.3, -0.25) is 0 Å². The fraction of sp³-hybridized carbons (Fsp3) is 0.647. The first kappa shape index (κ1) is 17.2. The molecule has 5 heteroatoms. The van der Waals surface area contributed by atoms with Crippen LogP contribution in [0.5, 0.6) is 0 Å². The first-order valence-electron chi connectivity index (χ1n) is 8.08. The Morgan fingerprint density at radius 3 is 2.09 bits per heavy atom. The van der Waals surface area contributed by atoms with Crippen LogP contribution in [-0.2, 0) is 0 Å². The van der Waals surface area contributed by atoms with Gasteiger partial charge in [0.1, 0.15) is 6.34 Å². The van der Waals surface area contributed by atoms with Crippen molar-refractivity contribution >= 4 is 24.3 Å². The van der Waals surface area contributed by atoms with Crippen molar-refractivity contribution in [3.8, 4) is 0 Å². The highest BCUT2D eigenvalue weighted by atomic mass is 35.5. The molecule has 4 fully saturated rings. The second kappa shape index (κ2) is 8.49. The summed E-state index contributed by atoms with van der Waals surface area (Å²) in [6.45, 7) is 0. The molecule has 0 radical (unpaired) electrons. The van der Waals surface area contributed by atoms with Gasteiger partial charge >= 0.3 is 0 Å². The predicted molar refractivity (Wildman–Crippen MR) is 94.5 cm³/mol. The summed E-state index contributed by atoms with van der Waals surface area (Å²) in [4.78, 5) is 7.82. The molecular formula is C17H27ClN4. The van der Waals surface area contributed by atoms with Crippen molar-refractivity contribution in [2.24, 2.45) is 33.7 Å². The maximum atomic E-state index is 5.35. The van der Waals surface area contributed by atoms with Crippen molar-refractivity contribution in [2.45, 2.75) is 44.9 Å². The summed E-state index contributed by atoms with van der Waals surface area (Å²) in [5, 5.41) is 2.85. The van der Waals surface area contributed by atoms with E-state index in [1.807, 2.05) is 6.08 Å². The Labute approximate surface area is 138 Å². The third-order valence-electron chi connectivity index (χ3n) is 5.11. The second-order valence-electron chi connectivity index (χ2n) is 6.77. The number of aliphatic imine (C=N–C) groups is 2. The molecule has 0 atom stereocenters. The van der Waals surface area contributed by atoms with Crippen LogP contribution in [0.15, 0.2) is 33.5 Å². The molecule has 0 aromatic heterocycles. The maximum absolute atomic E-state index is 5.35. The van der Waals surface area contributed by atoms with Crippen LogP contribution in [0, 0.1) is 23.7 Å². The molecule has 0 saturated heterocycles. The van der Waals surface area contributed by atoms with Gasteiger partial charge in [-0.25, -0.2) is 9.98 Å². The van der Waals surface area contributed by atoms with Gasteiger partial charge in [-0.15, -0.1) is 0 Å². The normalized spacial score (nSPS) is 34.3. The average molecular weight is 323 g/mol. The van der Waals surface area contributed by atoms with Gasteiger partial charge in [0.05, 0.1) is 12.0 Å². The van der Waals surface area contributed by atoms with Crippen LogP contribution in [-0.4, -0.2) is 12.7 Å². The maximum Gasteiger partial charge on any atom is 0.117 e. The summed E-state index contributed by atoms with van der Waals surface area (Å²) in [7, 11) is 0. The molecule has 4 aliphatic carbocycles. The second-order valence-corrected chi connectivity index (χ2v) is 7.02. The fourth-order valence-electron chi connectivity index (χ4n) is 4.61. The number of nitrogens with one attached hydrogen (secondary N) is 1. The summed E-state index contributed by atoms with van der Waals surface area (Å²) in [6, 6.07) is 0. The van der Waals surface area contributed by atoms with E-state index in [-0.39, 0.29) is 6.15 Å². The van der Waals surface area contributed by atoms with E-state index in [4.69, 9.17) is 11.6 Å². The van der Waals surface area contributed by atoms with Gasteiger partial charge in [-0.2, -0.15) is 0 Å². The van der Waals surface area contributed by atoms with Gasteiger partial charge in [-0.05, 0) is 62.2 Å². The van der Waals surface area contributed by atoms with E-state index in [9.17, 15) is 0 Å². The van der Waals surface area contributed by atoms with E-state index in [0.29, 0.717) is 0 Å². The molecule has 5 rings (SSSR count). The Balaban J connectivity index is 0.000000153. The number of hydrogen-bond acceptors (Lipinski definition) is 4. The van der Waals surface area contributed by atoms with E-state index >= 15 is 0 Å². The molecule has 0 spiro atoms. The molecule has 4 nitrogen and oxygen atoms in total. The van der Waals surface area contributed by atoms with Crippen LogP contribution in [0.4, 0.5) is 0 Å². The molecule has 22 heavy (non-hydrogen) atoms. The summed E-state index contributed by atoms with van der Waals surface area (Å²) in [5.74, 6) is 4.71. The van der Waals surface area contributed by atoms with Gasteiger partial charge in [-0.1, -0.05) is 17.7 Å². The fourth-order valence-corrected chi connectivity index (χ4v) is 4.70. The van der Waals surface area contributed by atoms with Crippen LogP contribution in [0.3, 0.4) is 0 Å². The van der Waals surface area contributed by atoms with Crippen LogP contribution < -0.4 is 11.5 Å². The monoisotopic (exact) mass is 322 g/mol. The molecule has 4 N–H and O–H groups in total. The van der Waals surface area contributed by atoms with Gasteiger partial charge in [0.2, 0.25) is 0 Å². The van der Waals surface area contributed by atoms with Crippen LogP contribution in [0.2, 0.25) is 0 Å². The standard InChI is InChI=1S/C10H16.C7H8ClN3.H3N/c1-7-2-9-4-8(1)5-10(3-7)6-9;8-3-1-2-7-4-9-5-10-6-11-7;/h7-10H,1-6H2;1,3-6H,2H2,(H,9,10,11);1H3. The third kappa shape index (κ3) is 4.68. The Morgan fingerprint density at radius 2 is 1.59 bits per heavy atom. The van der Waals surface area contributed by atoms with E-state index in [1.54, 1.807) is 51.1 Å². The number of allylic oxidation sites excluding steroid dienone is 1. The number of rotatable bonds is 2. The molecule has 4 bridgehead atoms. The number of halogens is 1. The van der Waals surface area contributed by atoms with E-state index < -0.39 is 0 Å². The summed E-state index contributed by atoms with van der Waals surface area (Å²) >= 11 is 5.35. The van der Waals surface area contributed by atoms with E-state index in [0.717, 1.165) is 12.1 Å². The Bertz CT molecular complexity index is 411. The molecule has 4 saturated carbocycles. The third-order valence-corrected chi connectivity index (χ3v) is 5.28. The quantitative estimate of drug-likeness (QED) is 0.778. The number of hydrogen-bond donors (Lipinski definition) is 2. The lowest BCUT2D eigenvalue weighted by Crippen LogP contribution is -2.38. The van der Waals surface area contributed by atoms with Crippen molar-refractivity contribution in [3.63, 3.8) is 0 Å². The average Bonchev–Trinajstić information content (AvgIpc) is 2.73. The van der Waals surface area contributed by atoms with Crippen LogP contribution >= 0.6 is 11.6 Å². The molecule has 0 amide bonds. The smallest absolute Gasteiger partial charge is 0.117 e. The van der Waals surface area contributed by atoms with Crippen LogP contribution in [0.1, 0.15) is 44.9 Å². The molecule has 122 valence electrons. The minimum atomic E-state index is 0. The molecule has 5 aliphatic rings. The largest absolute Gasteiger partial charge is 0.351 e. The first-order valence-corrected chi connectivity index (χ1v) is 8.51. The first-order chi connectivity index (χ1) is 10.3. The van der Waals surface area contributed by atoms with Crippen molar-refractivity contribution in [1.82, 2.24) is 11.5 Å².